The van der Waals surface area contributed by atoms with Gasteiger partial charge in [0.2, 0.25) is 0 Å². The van der Waals surface area contributed by atoms with E-state index in [-0.39, 0.29) is 6.29 Å². The zero-order valence-electron chi connectivity index (χ0n) is 21.2. The molecule has 0 fully saturated rings. The Hall–Kier alpha value is -0.580. The molecule has 0 unspecified atom stereocenters. The van der Waals surface area contributed by atoms with Crippen LogP contribution in [0.15, 0.2) is 12.3 Å². The first-order valence-electron chi connectivity index (χ1n) is 13.4. The summed E-state index contributed by atoms with van der Waals surface area (Å²) in [6.07, 6.45) is 24.4. The summed E-state index contributed by atoms with van der Waals surface area (Å²) in [6, 6.07) is 0. The van der Waals surface area contributed by atoms with Crippen LogP contribution in [0.25, 0.3) is 0 Å². The fourth-order valence-electron chi connectivity index (χ4n) is 3.38. The predicted octanol–water partition coefficient (Wildman–Crippen LogP) is 8.54. The molecule has 0 saturated heterocycles. The second kappa shape index (κ2) is 27.5. The second-order valence-electron chi connectivity index (χ2n) is 8.56. The van der Waals surface area contributed by atoms with Crippen molar-refractivity contribution in [3.05, 3.63) is 12.3 Å². The van der Waals surface area contributed by atoms with Gasteiger partial charge in [0.15, 0.2) is 13.1 Å². The average Bonchev–Trinajstić information content (AvgIpc) is 2.78. The molecule has 0 aromatic heterocycles. The summed E-state index contributed by atoms with van der Waals surface area (Å²) < 4.78 is 23.0. The van der Waals surface area contributed by atoms with Crippen molar-refractivity contribution in [3.63, 3.8) is 0 Å². The van der Waals surface area contributed by atoms with Gasteiger partial charge in [-0.25, -0.2) is 0 Å². The molecule has 31 heavy (non-hydrogen) atoms. The monoisotopic (exact) mass is 442 g/mol. The Morgan fingerprint density at radius 2 is 1.06 bits per heavy atom. The summed E-state index contributed by atoms with van der Waals surface area (Å²) in [7, 11) is 0. The SMILES string of the molecule is CCCCCCCCCOCOC=CCCC(OCCCCCC)OCCCCCC. The van der Waals surface area contributed by atoms with Crippen LogP contribution in [0.5, 0.6) is 0 Å². The number of ether oxygens (including phenoxy) is 4. The lowest BCUT2D eigenvalue weighted by atomic mass is 10.1. The zero-order chi connectivity index (χ0) is 22.7. The van der Waals surface area contributed by atoms with Gasteiger partial charge in [0.1, 0.15) is 0 Å². The van der Waals surface area contributed by atoms with Crippen molar-refractivity contribution in [2.24, 2.45) is 0 Å². The molecule has 0 bridgehead atoms. The smallest absolute Gasteiger partial charge is 0.188 e. The van der Waals surface area contributed by atoms with Crippen LogP contribution >= 0.6 is 0 Å². The van der Waals surface area contributed by atoms with Crippen LogP contribution in [0.2, 0.25) is 0 Å². The van der Waals surface area contributed by atoms with Gasteiger partial charge in [-0.2, -0.15) is 0 Å². The first-order valence-corrected chi connectivity index (χ1v) is 13.4. The van der Waals surface area contributed by atoms with Crippen molar-refractivity contribution in [3.8, 4) is 0 Å². The summed E-state index contributed by atoms with van der Waals surface area (Å²) in [5, 5.41) is 0. The number of rotatable bonds is 26. The van der Waals surface area contributed by atoms with E-state index < -0.39 is 0 Å². The van der Waals surface area contributed by atoms with Crippen LogP contribution < -0.4 is 0 Å². The fraction of sp³-hybridized carbons (Fsp3) is 0.926. The largest absolute Gasteiger partial charge is 0.475 e. The summed E-state index contributed by atoms with van der Waals surface area (Å²) in [5.74, 6) is 0. The highest BCUT2D eigenvalue weighted by Gasteiger charge is 2.08. The molecule has 4 heteroatoms. The van der Waals surface area contributed by atoms with E-state index in [9.17, 15) is 0 Å². The second-order valence-corrected chi connectivity index (χ2v) is 8.56. The standard InChI is InChI=1S/C27H54O4/c1-4-7-10-13-14-15-17-22-28-26-29-23-20-16-21-27(30-24-18-11-8-5-2)31-25-19-12-9-6-3/h20,23,27H,4-19,21-22,24-26H2,1-3H3. The highest BCUT2D eigenvalue weighted by Crippen LogP contribution is 2.10. The van der Waals surface area contributed by atoms with Crippen LogP contribution in [-0.4, -0.2) is 32.9 Å². The maximum Gasteiger partial charge on any atom is 0.188 e. The lowest BCUT2D eigenvalue weighted by molar-refractivity contribution is -0.146. The van der Waals surface area contributed by atoms with Crippen LogP contribution in [0.1, 0.15) is 130 Å². The first kappa shape index (κ1) is 30.4. The minimum Gasteiger partial charge on any atom is -0.475 e. The van der Waals surface area contributed by atoms with Gasteiger partial charge >= 0.3 is 0 Å². The van der Waals surface area contributed by atoms with E-state index in [1.54, 1.807) is 6.26 Å². The third-order valence-electron chi connectivity index (χ3n) is 5.41. The summed E-state index contributed by atoms with van der Waals surface area (Å²) >= 11 is 0. The van der Waals surface area contributed by atoms with Crippen molar-refractivity contribution in [2.75, 3.05) is 26.6 Å². The number of unbranched alkanes of at least 4 members (excludes halogenated alkanes) is 12. The fourth-order valence-corrected chi connectivity index (χ4v) is 3.38. The molecule has 0 aliphatic heterocycles. The Morgan fingerprint density at radius 1 is 0.581 bits per heavy atom. The summed E-state index contributed by atoms with van der Waals surface area (Å²) in [5.41, 5.74) is 0. The Labute approximate surface area is 194 Å². The van der Waals surface area contributed by atoms with E-state index in [0.717, 1.165) is 51.9 Å². The van der Waals surface area contributed by atoms with Gasteiger partial charge < -0.3 is 18.9 Å². The van der Waals surface area contributed by atoms with Crippen molar-refractivity contribution in [2.45, 2.75) is 136 Å². The predicted molar refractivity (Wildman–Crippen MR) is 132 cm³/mol. The quantitative estimate of drug-likeness (QED) is 0.0764. The molecule has 0 atom stereocenters. The third kappa shape index (κ3) is 25.6. The van der Waals surface area contributed by atoms with Gasteiger partial charge in [0.05, 0.1) is 12.9 Å². The van der Waals surface area contributed by atoms with Crippen LogP contribution in [0.4, 0.5) is 0 Å². The molecular weight excluding hydrogens is 388 g/mol. The van der Waals surface area contributed by atoms with Gasteiger partial charge in [-0.1, -0.05) is 97.8 Å². The lowest BCUT2D eigenvalue weighted by Crippen LogP contribution is -2.18. The third-order valence-corrected chi connectivity index (χ3v) is 5.41. The van der Waals surface area contributed by atoms with E-state index >= 15 is 0 Å². The zero-order valence-corrected chi connectivity index (χ0v) is 21.2. The van der Waals surface area contributed by atoms with Crippen molar-refractivity contribution in [1.29, 1.82) is 0 Å². The van der Waals surface area contributed by atoms with E-state index in [1.165, 1.54) is 77.0 Å². The summed E-state index contributed by atoms with van der Waals surface area (Å²) in [6.45, 7) is 9.46. The Balaban J connectivity index is 3.70. The topological polar surface area (TPSA) is 36.9 Å². The molecule has 186 valence electrons. The van der Waals surface area contributed by atoms with Gasteiger partial charge in [0, 0.05) is 19.6 Å². The van der Waals surface area contributed by atoms with Crippen molar-refractivity contribution in [1.82, 2.24) is 0 Å². The van der Waals surface area contributed by atoms with E-state index in [2.05, 4.69) is 20.8 Å². The van der Waals surface area contributed by atoms with E-state index in [1.807, 2.05) is 6.08 Å². The lowest BCUT2D eigenvalue weighted by Gasteiger charge is -2.18. The molecule has 0 rings (SSSR count). The minimum absolute atomic E-state index is 0.0959. The van der Waals surface area contributed by atoms with Crippen LogP contribution in [-0.2, 0) is 18.9 Å². The summed E-state index contributed by atoms with van der Waals surface area (Å²) in [4.78, 5) is 0. The van der Waals surface area contributed by atoms with Gasteiger partial charge in [-0.15, -0.1) is 0 Å². The molecule has 4 nitrogen and oxygen atoms in total. The normalized spacial score (nSPS) is 11.7. The van der Waals surface area contributed by atoms with Crippen LogP contribution in [0.3, 0.4) is 0 Å². The molecule has 0 aromatic rings. The molecular formula is C27H54O4. The highest BCUT2D eigenvalue weighted by molar-refractivity contribution is 4.73. The molecule has 0 heterocycles. The molecule has 0 radical (unpaired) electrons. The Kier molecular flexibility index (Phi) is 26.9. The Morgan fingerprint density at radius 3 is 1.65 bits per heavy atom. The highest BCUT2D eigenvalue weighted by atomic mass is 16.7. The van der Waals surface area contributed by atoms with E-state index in [0.29, 0.717) is 6.79 Å². The molecule has 0 N–H and O–H groups in total. The minimum atomic E-state index is -0.0959. The Bertz CT molecular complexity index is 332. The molecule has 0 amide bonds. The molecule has 0 aliphatic rings. The molecule has 0 aliphatic carbocycles. The van der Waals surface area contributed by atoms with Crippen molar-refractivity contribution < 1.29 is 18.9 Å². The maximum atomic E-state index is 5.99. The first-order chi connectivity index (χ1) is 15.3. The van der Waals surface area contributed by atoms with Crippen LogP contribution in [0, 0.1) is 0 Å². The maximum absolute atomic E-state index is 5.99. The van der Waals surface area contributed by atoms with Gasteiger partial charge in [-0.3, -0.25) is 0 Å². The average molecular weight is 443 g/mol. The molecule has 0 saturated carbocycles. The van der Waals surface area contributed by atoms with Gasteiger partial charge in [-0.05, 0) is 31.8 Å². The van der Waals surface area contributed by atoms with Gasteiger partial charge in [0.25, 0.3) is 0 Å². The number of hydrogen-bond donors (Lipinski definition) is 0. The molecule has 0 aromatic carbocycles. The number of allylic oxidation sites excluding steroid dienone is 1. The van der Waals surface area contributed by atoms with E-state index in [4.69, 9.17) is 18.9 Å². The van der Waals surface area contributed by atoms with Crippen molar-refractivity contribution >= 4 is 0 Å². The molecule has 0 spiro atoms. The number of hydrogen-bond acceptors (Lipinski definition) is 4.